The molecule has 0 aliphatic heterocycles. The Kier molecular flexibility index (Phi) is 7.39. The fourth-order valence-corrected chi connectivity index (χ4v) is 3.93. The maximum Gasteiger partial charge on any atom is 0.244 e. The molecule has 0 saturated heterocycles. The van der Waals surface area contributed by atoms with E-state index in [2.05, 4.69) is 42.4 Å². The molecule has 0 fully saturated rings. The smallest absolute Gasteiger partial charge is 0.244 e. The number of nitrogens with zero attached hydrogens (tertiary/aromatic N) is 1. The van der Waals surface area contributed by atoms with E-state index in [0.717, 1.165) is 25.6 Å². The lowest BCUT2D eigenvalue weighted by Gasteiger charge is -2.12. The predicted molar refractivity (Wildman–Crippen MR) is 118 cm³/mol. The van der Waals surface area contributed by atoms with Crippen LogP contribution in [0.25, 0.3) is 0 Å². The summed E-state index contributed by atoms with van der Waals surface area (Å²) in [6.45, 7) is 0.433. The number of carbonyl (C=O) groups excluding carboxylic acids is 1. The third kappa shape index (κ3) is 6.04. The molecule has 1 amide bonds. The standard InChI is InChI=1S/C22H18Br2N2O2/c23-19-12-18(14-25-26-21(27)11-16-7-3-1-4-8-16)22(20(24)13-19)28-15-17-9-5-2-6-10-17/h1-10,12-14H,11,15H2,(H,26,27)/b25-14-. The number of amides is 1. The van der Waals surface area contributed by atoms with Crippen molar-refractivity contribution in [1.82, 2.24) is 5.43 Å². The molecule has 0 unspecified atom stereocenters. The first kappa shape index (κ1) is 20.3. The SMILES string of the molecule is O=C(Cc1ccccc1)N/N=C\c1cc(Br)cc(Br)c1OCc1ccccc1. The van der Waals surface area contributed by atoms with Gasteiger partial charge in [-0.25, -0.2) is 5.43 Å². The number of benzene rings is 3. The van der Waals surface area contributed by atoms with E-state index in [4.69, 9.17) is 4.74 Å². The van der Waals surface area contributed by atoms with Crippen molar-refractivity contribution < 1.29 is 9.53 Å². The van der Waals surface area contributed by atoms with Gasteiger partial charge in [0, 0.05) is 10.0 Å². The molecule has 3 aromatic carbocycles. The lowest BCUT2D eigenvalue weighted by molar-refractivity contribution is -0.120. The van der Waals surface area contributed by atoms with E-state index < -0.39 is 0 Å². The minimum atomic E-state index is -0.178. The minimum absolute atomic E-state index is 0.178. The van der Waals surface area contributed by atoms with Gasteiger partial charge in [-0.3, -0.25) is 4.79 Å². The molecular formula is C22H18Br2N2O2. The van der Waals surface area contributed by atoms with Crippen molar-refractivity contribution in [2.24, 2.45) is 5.10 Å². The van der Waals surface area contributed by atoms with Gasteiger partial charge < -0.3 is 4.74 Å². The maximum absolute atomic E-state index is 12.1. The van der Waals surface area contributed by atoms with E-state index in [1.54, 1.807) is 6.21 Å². The average Bonchev–Trinajstić information content (AvgIpc) is 2.69. The fourth-order valence-electron chi connectivity index (χ4n) is 2.55. The Balaban J connectivity index is 1.68. The molecule has 6 heteroatoms. The van der Waals surface area contributed by atoms with Gasteiger partial charge in [-0.2, -0.15) is 5.10 Å². The van der Waals surface area contributed by atoms with Gasteiger partial charge in [0.1, 0.15) is 12.4 Å². The normalized spacial score (nSPS) is 10.8. The Bertz CT molecular complexity index is 961. The summed E-state index contributed by atoms with van der Waals surface area (Å²) < 4.78 is 7.67. The van der Waals surface area contributed by atoms with Crippen LogP contribution in [0.2, 0.25) is 0 Å². The zero-order valence-electron chi connectivity index (χ0n) is 14.9. The van der Waals surface area contributed by atoms with Crippen molar-refractivity contribution in [3.63, 3.8) is 0 Å². The largest absolute Gasteiger partial charge is 0.487 e. The van der Waals surface area contributed by atoms with Crippen LogP contribution in [0.3, 0.4) is 0 Å². The van der Waals surface area contributed by atoms with Crippen LogP contribution in [-0.2, 0) is 17.8 Å². The summed E-state index contributed by atoms with van der Waals surface area (Å²) in [5.74, 6) is 0.483. The highest BCUT2D eigenvalue weighted by molar-refractivity contribution is 9.11. The van der Waals surface area contributed by atoms with Crippen LogP contribution in [0.5, 0.6) is 5.75 Å². The van der Waals surface area contributed by atoms with Gasteiger partial charge >= 0.3 is 0 Å². The Morgan fingerprint density at radius 1 is 0.964 bits per heavy atom. The van der Waals surface area contributed by atoms with Gasteiger partial charge in [-0.1, -0.05) is 76.6 Å². The number of carbonyl (C=O) groups is 1. The summed E-state index contributed by atoms with van der Waals surface area (Å²) in [5.41, 5.74) is 5.31. The molecule has 0 atom stereocenters. The third-order valence-electron chi connectivity index (χ3n) is 3.86. The molecule has 142 valence electrons. The summed E-state index contributed by atoms with van der Waals surface area (Å²) in [5, 5.41) is 4.09. The Labute approximate surface area is 180 Å². The van der Waals surface area contributed by atoms with Gasteiger partial charge in [0.05, 0.1) is 17.1 Å². The average molecular weight is 502 g/mol. The first-order chi connectivity index (χ1) is 13.6. The molecule has 3 aromatic rings. The highest BCUT2D eigenvalue weighted by Crippen LogP contribution is 2.32. The van der Waals surface area contributed by atoms with E-state index in [-0.39, 0.29) is 12.3 Å². The first-order valence-electron chi connectivity index (χ1n) is 8.63. The van der Waals surface area contributed by atoms with E-state index in [0.29, 0.717) is 12.4 Å². The number of hydrogen-bond donors (Lipinski definition) is 1. The number of rotatable bonds is 7. The van der Waals surface area contributed by atoms with E-state index >= 15 is 0 Å². The molecule has 0 aliphatic carbocycles. The molecule has 0 aliphatic rings. The summed E-state index contributed by atoms with van der Waals surface area (Å²) in [7, 11) is 0. The molecule has 0 aromatic heterocycles. The zero-order chi connectivity index (χ0) is 19.8. The van der Waals surface area contributed by atoms with Crippen molar-refractivity contribution in [3.8, 4) is 5.75 Å². The predicted octanol–water partition coefficient (Wildman–Crippen LogP) is 5.48. The number of nitrogens with one attached hydrogen (secondary N) is 1. The van der Waals surface area contributed by atoms with Crippen LogP contribution in [0.4, 0.5) is 0 Å². The monoisotopic (exact) mass is 500 g/mol. The third-order valence-corrected chi connectivity index (χ3v) is 4.91. The number of hydrazone groups is 1. The van der Waals surface area contributed by atoms with Crippen LogP contribution >= 0.6 is 31.9 Å². The lowest BCUT2D eigenvalue weighted by Crippen LogP contribution is -2.19. The van der Waals surface area contributed by atoms with E-state index in [1.807, 2.05) is 72.8 Å². The molecule has 3 rings (SSSR count). The zero-order valence-corrected chi connectivity index (χ0v) is 18.1. The molecule has 0 radical (unpaired) electrons. The topological polar surface area (TPSA) is 50.7 Å². The van der Waals surface area contributed by atoms with Gasteiger partial charge in [0.15, 0.2) is 0 Å². The van der Waals surface area contributed by atoms with Crippen LogP contribution in [0.1, 0.15) is 16.7 Å². The van der Waals surface area contributed by atoms with Gasteiger partial charge in [-0.15, -0.1) is 0 Å². The number of hydrogen-bond acceptors (Lipinski definition) is 3. The van der Waals surface area contributed by atoms with Gasteiger partial charge in [-0.05, 0) is 39.2 Å². The van der Waals surface area contributed by atoms with Crippen molar-refractivity contribution >= 4 is 44.0 Å². The van der Waals surface area contributed by atoms with Gasteiger partial charge in [0.2, 0.25) is 5.91 Å². The minimum Gasteiger partial charge on any atom is -0.487 e. The molecule has 0 saturated carbocycles. The fraction of sp³-hybridized carbons (Fsp3) is 0.0909. The van der Waals surface area contributed by atoms with E-state index in [1.165, 1.54) is 0 Å². The molecule has 0 spiro atoms. The van der Waals surface area contributed by atoms with Crippen LogP contribution in [-0.4, -0.2) is 12.1 Å². The second-order valence-electron chi connectivity index (χ2n) is 6.04. The van der Waals surface area contributed by atoms with Crippen LogP contribution < -0.4 is 10.2 Å². The number of halogens is 2. The second kappa shape index (κ2) is 10.2. The first-order valence-corrected chi connectivity index (χ1v) is 10.2. The van der Waals surface area contributed by atoms with E-state index in [9.17, 15) is 4.79 Å². The Morgan fingerprint density at radius 2 is 1.61 bits per heavy atom. The van der Waals surface area contributed by atoms with Crippen LogP contribution in [0.15, 0.2) is 86.8 Å². The summed E-state index contributed by atoms with van der Waals surface area (Å²) in [6, 6.07) is 23.3. The second-order valence-corrected chi connectivity index (χ2v) is 7.81. The summed E-state index contributed by atoms with van der Waals surface area (Å²) >= 11 is 7.01. The van der Waals surface area contributed by atoms with Crippen molar-refractivity contribution in [1.29, 1.82) is 0 Å². The van der Waals surface area contributed by atoms with Crippen molar-refractivity contribution in [3.05, 3.63) is 98.4 Å². The molecule has 1 N–H and O–H groups in total. The maximum atomic E-state index is 12.1. The van der Waals surface area contributed by atoms with Crippen molar-refractivity contribution in [2.45, 2.75) is 13.0 Å². The Hall–Kier alpha value is -2.44. The van der Waals surface area contributed by atoms with Crippen molar-refractivity contribution in [2.75, 3.05) is 0 Å². The quantitative estimate of drug-likeness (QED) is 0.344. The molecule has 28 heavy (non-hydrogen) atoms. The lowest BCUT2D eigenvalue weighted by atomic mass is 10.1. The molecule has 0 bridgehead atoms. The Morgan fingerprint density at radius 3 is 2.29 bits per heavy atom. The molecule has 0 heterocycles. The molecular weight excluding hydrogens is 484 g/mol. The van der Waals surface area contributed by atoms with Crippen LogP contribution in [0, 0.1) is 0 Å². The highest BCUT2D eigenvalue weighted by atomic mass is 79.9. The van der Waals surface area contributed by atoms with Gasteiger partial charge in [0.25, 0.3) is 0 Å². The summed E-state index contributed by atoms with van der Waals surface area (Å²) in [4.78, 5) is 12.1. The number of ether oxygens (including phenoxy) is 1. The molecule has 4 nitrogen and oxygen atoms in total. The summed E-state index contributed by atoms with van der Waals surface area (Å²) in [6.07, 6.45) is 1.86. The highest BCUT2D eigenvalue weighted by Gasteiger charge is 2.10.